The number of hydrogen-bond donors (Lipinski definition) is 2. The molecule has 2 N–H and O–H groups in total. The predicted molar refractivity (Wildman–Crippen MR) is 60.4 cm³/mol. The lowest BCUT2D eigenvalue weighted by molar-refractivity contribution is 0.150. The summed E-state index contributed by atoms with van der Waals surface area (Å²) in [4.78, 5) is 11.5. The summed E-state index contributed by atoms with van der Waals surface area (Å²) in [6.07, 6.45) is 0.270. The third-order valence-corrected chi connectivity index (χ3v) is 2.44. The topological polar surface area (TPSA) is 70.7 Å². The van der Waals surface area contributed by atoms with Crippen molar-refractivity contribution in [1.82, 2.24) is 0 Å². The van der Waals surface area contributed by atoms with E-state index in [-0.39, 0.29) is 11.3 Å². The second-order valence-electron chi connectivity index (χ2n) is 4.43. The molecule has 1 aromatic heterocycles. The number of rotatable bonds is 4. The number of aromatic hydroxyl groups is 1. The second-order valence-corrected chi connectivity index (χ2v) is 4.43. The van der Waals surface area contributed by atoms with Gasteiger partial charge in [-0.2, -0.15) is 0 Å². The van der Waals surface area contributed by atoms with Crippen LogP contribution in [-0.2, 0) is 0 Å². The fourth-order valence-corrected chi connectivity index (χ4v) is 1.55. The van der Waals surface area contributed by atoms with Gasteiger partial charge in [0.2, 0.25) is 0 Å². The van der Waals surface area contributed by atoms with Crippen molar-refractivity contribution >= 4 is 0 Å². The normalized spacial score (nSPS) is 13.1. The first-order chi connectivity index (χ1) is 7.41. The van der Waals surface area contributed by atoms with Crippen molar-refractivity contribution in [3.8, 4) is 5.75 Å². The van der Waals surface area contributed by atoms with Crippen LogP contribution in [0.3, 0.4) is 0 Å². The number of hydrogen-bond acceptors (Lipinski definition) is 4. The molecule has 0 aliphatic carbocycles. The molecule has 1 heterocycles. The van der Waals surface area contributed by atoms with Gasteiger partial charge in [-0.15, -0.1) is 0 Å². The van der Waals surface area contributed by atoms with Crippen LogP contribution in [-0.4, -0.2) is 10.2 Å². The van der Waals surface area contributed by atoms with E-state index in [1.807, 2.05) is 13.8 Å². The highest BCUT2D eigenvalue weighted by atomic mass is 16.4. The van der Waals surface area contributed by atoms with E-state index in [4.69, 9.17) is 4.42 Å². The second kappa shape index (κ2) is 5.16. The largest absolute Gasteiger partial charge is 0.507 e. The average molecular weight is 226 g/mol. The van der Waals surface area contributed by atoms with Crippen LogP contribution >= 0.6 is 0 Å². The molecule has 0 aliphatic heterocycles. The quantitative estimate of drug-likeness (QED) is 0.825. The molecule has 0 fully saturated rings. The maximum atomic E-state index is 11.5. The average Bonchev–Trinajstić information content (AvgIpc) is 2.12. The molecule has 0 bridgehead atoms. The zero-order valence-electron chi connectivity index (χ0n) is 9.86. The van der Waals surface area contributed by atoms with E-state index in [9.17, 15) is 15.0 Å². The van der Waals surface area contributed by atoms with Crippen LogP contribution in [0.25, 0.3) is 0 Å². The van der Waals surface area contributed by atoms with E-state index in [2.05, 4.69) is 0 Å². The zero-order valence-corrected chi connectivity index (χ0v) is 9.86. The Hall–Kier alpha value is -1.29. The summed E-state index contributed by atoms with van der Waals surface area (Å²) >= 11 is 0. The molecule has 0 radical (unpaired) electrons. The Balaban J connectivity index is 2.91. The van der Waals surface area contributed by atoms with E-state index in [1.54, 1.807) is 6.92 Å². The molecule has 1 rings (SSSR count). The lowest BCUT2D eigenvalue weighted by Gasteiger charge is -2.12. The highest BCUT2D eigenvalue weighted by Gasteiger charge is 2.18. The van der Waals surface area contributed by atoms with Crippen molar-refractivity contribution in [3.05, 3.63) is 27.8 Å². The molecule has 1 unspecified atom stereocenters. The van der Waals surface area contributed by atoms with Crippen LogP contribution in [0.5, 0.6) is 5.75 Å². The van der Waals surface area contributed by atoms with Gasteiger partial charge in [-0.3, -0.25) is 0 Å². The smallest absolute Gasteiger partial charge is 0.345 e. The van der Waals surface area contributed by atoms with E-state index in [0.717, 1.165) is 6.42 Å². The first kappa shape index (κ1) is 12.8. The molecule has 0 aromatic carbocycles. The van der Waals surface area contributed by atoms with Gasteiger partial charge in [0.05, 0.1) is 6.10 Å². The monoisotopic (exact) mass is 226 g/mol. The Morgan fingerprint density at radius 2 is 2.00 bits per heavy atom. The number of aryl methyl sites for hydroxylation is 1. The third kappa shape index (κ3) is 3.10. The van der Waals surface area contributed by atoms with Crippen molar-refractivity contribution in [2.24, 2.45) is 5.92 Å². The molecule has 4 nitrogen and oxygen atoms in total. The van der Waals surface area contributed by atoms with Gasteiger partial charge in [0.25, 0.3) is 0 Å². The summed E-state index contributed by atoms with van der Waals surface area (Å²) in [5.74, 6) is 0.585. The van der Waals surface area contributed by atoms with Crippen molar-refractivity contribution in [2.75, 3.05) is 0 Å². The van der Waals surface area contributed by atoms with E-state index in [0.29, 0.717) is 18.1 Å². The summed E-state index contributed by atoms with van der Waals surface area (Å²) in [6.45, 7) is 5.64. The standard InChI is InChI=1S/C12H18O4/c1-7(2)4-5-9(13)11-10(14)6-8(3)16-12(11)15/h6-7,9,13-14H,4-5H2,1-3H3. The number of aliphatic hydroxyl groups excluding tert-OH is 1. The van der Waals surface area contributed by atoms with Crippen LogP contribution in [0.4, 0.5) is 0 Å². The van der Waals surface area contributed by atoms with Gasteiger partial charge < -0.3 is 14.6 Å². The molecule has 0 saturated heterocycles. The lowest BCUT2D eigenvalue weighted by Crippen LogP contribution is -2.13. The first-order valence-electron chi connectivity index (χ1n) is 5.43. The Kier molecular flexibility index (Phi) is 4.12. The third-order valence-electron chi connectivity index (χ3n) is 2.44. The van der Waals surface area contributed by atoms with Crippen molar-refractivity contribution in [3.63, 3.8) is 0 Å². The van der Waals surface area contributed by atoms with Gasteiger partial charge in [0.1, 0.15) is 17.1 Å². The maximum absolute atomic E-state index is 11.5. The van der Waals surface area contributed by atoms with Crippen LogP contribution in [0, 0.1) is 12.8 Å². The lowest BCUT2D eigenvalue weighted by atomic mass is 10.0. The van der Waals surface area contributed by atoms with E-state index in [1.165, 1.54) is 6.07 Å². The van der Waals surface area contributed by atoms with Gasteiger partial charge in [-0.1, -0.05) is 13.8 Å². The summed E-state index contributed by atoms with van der Waals surface area (Å²) in [6, 6.07) is 1.34. The first-order valence-corrected chi connectivity index (χ1v) is 5.43. The molecule has 0 spiro atoms. The molecule has 16 heavy (non-hydrogen) atoms. The Bertz CT molecular complexity index is 406. The molecule has 4 heteroatoms. The molecule has 1 atom stereocenters. The summed E-state index contributed by atoms with van der Waals surface area (Å²) in [5.41, 5.74) is -0.694. The van der Waals surface area contributed by atoms with Gasteiger partial charge in [0.15, 0.2) is 0 Å². The summed E-state index contributed by atoms with van der Waals surface area (Å²) in [7, 11) is 0. The molecule has 0 aliphatic rings. The Morgan fingerprint density at radius 1 is 1.38 bits per heavy atom. The van der Waals surface area contributed by atoms with Crippen molar-refractivity contribution < 1.29 is 14.6 Å². The molecular formula is C12H18O4. The highest BCUT2D eigenvalue weighted by molar-refractivity contribution is 5.31. The van der Waals surface area contributed by atoms with Crippen molar-refractivity contribution in [1.29, 1.82) is 0 Å². The molecule has 0 saturated carbocycles. The summed E-state index contributed by atoms with van der Waals surface area (Å²) in [5, 5.41) is 19.4. The molecule has 1 aromatic rings. The SMILES string of the molecule is Cc1cc(O)c(C(O)CCC(C)C)c(=O)o1. The highest BCUT2D eigenvalue weighted by Crippen LogP contribution is 2.25. The Morgan fingerprint density at radius 3 is 2.50 bits per heavy atom. The van der Waals surface area contributed by atoms with Crippen LogP contribution in [0.1, 0.15) is 44.1 Å². The fraction of sp³-hybridized carbons (Fsp3) is 0.583. The minimum Gasteiger partial charge on any atom is -0.507 e. The van der Waals surface area contributed by atoms with Gasteiger partial charge >= 0.3 is 5.63 Å². The zero-order chi connectivity index (χ0) is 12.3. The Labute approximate surface area is 94.5 Å². The minimum absolute atomic E-state index is 0.0359. The molecular weight excluding hydrogens is 208 g/mol. The number of aliphatic hydroxyl groups is 1. The van der Waals surface area contributed by atoms with Crippen LogP contribution in [0.15, 0.2) is 15.3 Å². The van der Waals surface area contributed by atoms with Gasteiger partial charge in [-0.05, 0) is 25.7 Å². The maximum Gasteiger partial charge on any atom is 0.345 e. The van der Waals surface area contributed by atoms with E-state index < -0.39 is 11.7 Å². The molecule has 90 valence electrons. The fourth-order valence-electron chi connectivity index (χ4n) is 1.55. The minimum atomic E-state index is -0.959. The van der Waals surface area contributed by atoms with Crippen LogP contribution < -0.4 is 5.63 Å². The van der Waals surface area contributed by atoms with E-state index >= 15 is 0 Å². The molecule has 0 amide bonds. The van der Waals surface area contributed by atoms with Gasteiger partial charge in [-0.25, -0.2) is 4.79 Å². The summed E-state index contributed by atoms with van der Waals surface area (Å²) < 4.78 is 4.84. The van der Waals surface area contributed by atoms with Gasteiger partial charge in [0, 0.05) is 6.07 Å². The predicted octanol–water partition coefficient (Wildman–Crippen LogP) is 2.12. The van der Waals surface area contributed by atoms with Crippen molar-refractivity contribution in [2.45, 2.75) is 39.7 Å². The van der Waals surface area contributed by atoms with Crippen LogP contribution in [0.2, 0.25) is 0 Å².